The minimum absolute atomic E-state index is 0.120. The molecule has 0 amide bonds. The van der Waals surface area contributed by atoms with Gasteiger partial charge in [0.2, 0.25) is 0 Å². The molecule has 1 fully saturated rings. The van der Waals surface area contributed by atoms with Gasteiger partial charge in [-0.1, -0.05) is 95.9 Å². The number of benzene rings is 4. The fraction of sp³-hybridized carbons (Fsp3) is 0.229. The third-order valence-corrected chi connectivity index (χ3v) is 9.09. The van der Waals surface area contributed by atoms with Gasteiger partial charge in [0.1, 0.15) is 5.82 Å². The highest BCUT2D eigenvalue weighted by molar-refractivity contribution is 9.10. The summed E-state index contributed by atoms with van der Waals surface area (Å²) in [5.74, 6) is 1.01. The number of hydrogen-bond donors (Lipinski definition) is 0. The molecule has 0 atom stereocenters. The molecule has 0 saturated heterocycles. The van der Waals surface area contributed by atoms with Crippen LogP contribution in [0.4, 0.5) is 0 Å². The molecule has 7 rings (SSSR count). The van der Waals surface area contributed by atoms with Gasteiger partial charge in [0, 0.05) is 39.1 Å². The third kappa shape index (κ3) is 4.70. The molecule has 6 heteroatoms. The fourth-order valence-electron chi connectivity index (χ4n) is 6.44. The summed E-state index contributed by atoms with van der Waals surface area (Å²) < 4.78 is 4.79. The number of nitrogens with zero attached hydrogens (tertiary/aromatic N) is 4. The average Bonchev–Trinajstić information content (AvgIpc) is 3.27. The van der Waals surface area contributed by atoms with Gasteiger partial charge in [-0.3, -0.25) is 4.79 Å². The van der Waals surface area contributed by atoms with Crippen LogP contribution in [0.2, 0.25) is 0 Å². The molecular weight excluding hydrogens is 572 g/mol. The predicted molar refractivity (Wildman–Crippen MR) is 172 cm³/mol. The molecule has 0 N–H and O–H groups in total. The SMILES string of the molecule is Cc1c(C=Nn2c(C3CCCCC3)nc3ccc(Br)cc3c2=O)c2ccccc2n1Cc1cccc2ccccc12. The van der Waals surface area contributed by atoms with Crippen molar-refractivity contribution in [1.82, 2.24) is 14.2 Å². The maximum absolute atomic E-state index is 13.9. The number of halogens is 1. The maximum atomic E-state index is 13.9. The number of hydrogen-bond acceptors (Lipinski definition) is 3. The molecule has 2 heterocycles. The van der Waals surface area contributed by atoms with E-state index in [1.807, 2.05) is 24.4 Å². The predicted octanol–water partition coefficient (Wildman–Crippen LogP) is 8.55. The van der Waals surface area contributed by atoms with Crippen LogP contribution >= 0.6 is 15.9 Å². The van der Waals surface area contributed by atoms with E-state index in [-0.39, 0.29) is 11.5 Å². The molecule has 2 aromatic heterocycles. The molecule has 5 nitrogen and oxygen atoms in total. The molecule has 0 radical (unpaired) electrons. The van der Waals surface area contributed by atoms with Crippen LogP contribution in [0.15, 0.2) is 99.3 Å². The molecule has 1 saturated carbocycles. The first-order valence-electron chi connectivity index (χ1n) is 14.4. The Bertz CT molecular complexity index is 2010. The highest BCUT2D eigenvalue weighted by Crippen LogP contribution is 2.32. The van der Waals surface area contributed by atoms with E-state index in [0.717, 1.165) is 70.2 Å². The zero-order chi connectivity index (χ0) is 27.9. The Balaban J connectivity index is 1.37. The van der Waals surface area contributed by atoms with Crippen molar-refractivity contribution in [3.63, 3.8) is 0 Å². The van der Waals surface area contributed by atoms with Gasteiger partial charge in [-0.2, -0.15) is 9.78 Å². The van der Waals surface area contributed by atoms with Crippen LogP contribution in [-0.2, 0) is 6.54 Å². The molecule has 6 aromatic rings. The monoisotopic (exact) mass is 602 g/mol. The summed E-state index contributed by atoms with van der Waals surface area (Å²) in [6.07, 6.45) is 7.49. The van der Waals surface area contributed by atoms with E-state index in [0.29, 0.717) is 5.39 Å². The Hall–Kier alpha value is -4.03. The van der Waals surface area contributed by atoms with Crippen molar-refractivity contribution in [2.45, 2.75) is 51.5 Å². The molecule has 0 bridgehead atoms. The first-order chi connectivity index (χ1) is 20.1. The summed E-state index contributed by atoms with van der Waals surface area (Å²) in [6.45, 7) is 2.90. The van der Waals surface area contributed by atoms with Gasteiger partial charge in [-0.15, -0.1) is 0 Å². The largest absolute Gasteiger partial charge is 0.340 e. The van der Waals surface area contributed by atoms with Gasteiger partial charge in [0.05, 0.1) is 17.1 Å². The lowest BCUT2D eigenvalue weighted by atomic mass is 9.88. The lowest BCUT2D eigenvalue weighted by Gasteiger charge is -2.22. The molecule has 0 unspecified atom stereocenters. The van der Waals surface area contributed by atoms with Crippen LogP contribution < -0.4 is 5.56 Å². The van der Waals surface area contributed by atoms with Gasteiger partial charge < -0.3 is 4.57 Å². The molecule has 1 aliphatic carbocycles. The van der Waals surface area contributed by atoms with Crippen LogP contribution in [-0.4, -0.2) is 20.4 Å². The Morgan fingerprint density at radius 3 is 2.51 bits per heavy atom. The van der Waals surface area contributed by atoms with Crippen molar-refractivity contribution in [3.8, 4) is 0 Å². The second-order valence-electron chi connectivity index (χ2n) is 11.1. The quantitative estimate of drug-likeness (QED) is 0.186. The van der Waals surface area contributed by atoms with Gasteiger partial charge in [-0.05, 0) is 60.4 Å². The summed E-state index contributed by atoms with van der Waals surface area (Å²) in [4.78, 5) is 18.9. The second kappa shape index (κ2) is 10.7. The van der Waals surface area contributed by atoms with E-state index in [1.165, 1.54) is 22.8 Å². The average molecular weight is 604 g/mol. The minimum Gasteiger partial charge on any atom is -0.340 e. The topological polar surface area (TPSA) is 52.2 Å². The van der Waals surface area contributed by atoms with E-state index in [4.69, 9.17) is 10.1 Å². The van der Waals surface area contributed by atoms with Gasteiger partial charge in [0.25, 0.3) is 5.56 Å². The normalized spacial score (nSPS) is 14.6. The van der Waals surface area contributed by atoms with E-state index >= 15 is 0 Å². The fourth-order valence-corrected chi connectivity index (χ4v) is 6.80. The van der Waals surface area contributed by atoms with Crippen molar-refractivity contribution >= 4 is 54.7 Å². The first kappa shape index (κ1) is 25.9. The maximum Gasteiger partial charge on any atom is 0.282 e. The second-order valence-corrected chi connectivity index (χ2v) is 12.0. The van der Waals surface area contributed by atoms with E-state index in [1.54, 1.807) is 4.68 Å². The molecule has 0 aliphatic heterocycles. The van der Waals surface area contributed by atoms with E-state index in [9.17, 15) is 4.79 Å². The molecule has 1 aliphatic rings. The highest BCUT2D eigenvalue weighted by Gasteiger charge is 2.23. The summed E-state index contributed by atoms with van der Waals surface area (Å²) in [6, 6.07) is 29.2. The van der Waals surface area contributed by atoms with Gasteiger partial charge in [0.15, 0.2) is 0 Å². The minimum atomic E-state index is -0.120. The molecule has 4 aromatic carbocycles. The Morgan fingerprint density at radius 2 is 1.66 bits per heavy atom. The zero-order valence-electron chi connectivity index (χ0n) is 23.1. The van der Waals surface area contributed by atoms with Crippen LogP contribution in [0.5, 0.6) is 0 Å². The van der Waals surface area contributed by atoms with Crippen molar-refractivity contribution in [2.75, 3.05) is 0 Å². The van der Waals surface area contributed by atoms with Crippen LogP contribution in [0, 0.1) is 6.92 Å². The number of rotatable bonds is 5. The van der Waals surface area contributed by atoms with Crippen LogP contribution in [0.25, 0.3) is 32.6 Å². The molecular formula is C35H31BrN4O. The van der Waals surface area contributed by atoms with Gasteiger partial charge >= 0.3 is 0 Å². The number of para-hydroxylation sites is 1. The number of fused-ring (bicyclic) bond motifs is 3. The Labute approximate surface area is 247 Å². The lowest BCUT2D eigenvalue weighted by Crippen LogP contribution is -2.25. The first-order valence-corrected chi connectivity index (χ1v) is 15.2. The smallest absolute Gasteiger partial charge is 0.282 e. The Morgan fingerprint density at radius 1 is 0.902 bits per heavy atom. The van der Waals surface area contributed by atoms with Crippen molar-refractivity contribution < 1.29 is 0 Å². The lowest BCUT2D eigenvalue weighted by molar-refractivity contribution is 0.416. The zero-order valence-corrected chi connectivity index (χ0v) is 24.6. The summed E-state index contributed by atoms with van der Waals surface area (Å²) >= 11 is 3.53. The van der Waals surface area contributed by atoms with Crippen molar-refractivity contribution in [2.24, 2.45) is 5.10 Å². The molecule has 204 valence electrons. The van der Waals surface area contributed by atoms with Crippen LogP contribution in [0.3, 0.4) is 0 Å². The van der Waals surface area contributed by atoms with E-state index < -0.39 is 0 Å². The summed E-state index contributed by atoms with van der Waals surface area (Å²) in [5.41, 5.74) is 5.18. The van der Waals surface area contributed by atoms with Crippen molar-refractivity contribution in [3.05, 3.63) is 122 Å². The Kier molecular flexibility index (Phi) is 6.79. The molecule has 41 heavy (non-hydrogen) atoms. The number of aromatic nitrogens is 3. The standard InChI is InChI=1S/C35H31BrN4O/c1-23-31(29-16-7-8-17-33(29)39(23)22-26-14-9-13-24-10-5-6-15-28(24)26)21-37-40-34(25-11-3-2-4-12-25)38-32-19-18-27(36)20-30(32)35(40)41/h5-10,13-21,25H,2-4,11-12,22H2,1H3. The van der Waals surface area contributed by atoms with Crippen molar-refractivity contribution in [1.29, 1.82) is 0 Å². The highest BCUT2D eigenvalue weighted by atomic mass is 79.9. The summed E-state index contributed by atoms with van der Waals surface area (Å²) in [7, 11) is 0. The molecule has 0 spiro atoms. The third-order valence-electron chi connectivity index (χ3n) is 8.59. The van der Waals surface area contributed by atoms with E-state index in [2.05, 4.69) is 94.2 Å². The summed E-state index contributed by atoms with van der Waals surface area (Å²) in [5, 5.41) is 9.10. The van der Waals surface area contributed by atoms with Gasteiger partial charge in [-0.25, -0.2) is 4.98 Å². The van der Waals surface area contributed by atoms with Crippen LogP contribution in [0.1, 0.15) is 60.7 Å².